The van der Waals surface area contributed by atoms with Gasteiger partial charge in [0, 0.05) is 7.11 Å². The van der Waals surface area contributed by atoms with Gasteiger partial charge in [-0.05, 0) is 19.1 Å². The second-order valence-electron chi connectivity index (χ2n) is 2.92. The standard InChI is InChI=1S/C10H13NO3/c1-8(7-13-2)14-10-4-3-9(6-12)11-5-10/h3-6,8H,7H2,1-2H3. The van der Waals surface area contributed by atoms with Gasteiger partial charge >= 0.3 is 0 Å². The summed E-state index contributed by atoms with van der Waals surface area (Å²) in [4.78, 5) is 14.2. The number of methoxy groups -OCH3 is 1. The fourth-order valence-corrected chi connectivity index (χ4v) is 1.03. The molecule has 0 saturated carbocycles. The number of carbonyl (C=O) groups is 1. The minimum atomic E-state index is -0.0242. The number of aldehydes is 1. The molecule has 76 valence electrons. The summed E-state index contributed by atoms with van der Waals surface area (Å²) in [6.07, 6.45) is 2.20. The Kier molecular flexibility index (Phi) is 4.07. The topological polar surface area (TPSA) is 48.4 Å². The maximum atomic E-state index is 10.3. The normalized spacial score (nSPS) is 12.1. The smallest absolute Gasteiger partial charge is 0.168 e. The SMILES string of the molecule is COCC(C)Oc1ccc(C=O)nc1. The van der Waals surface area contributed by atoms with Crippen molar-refractivity contribution in [3.63, 3.8) is 0 Å². The van der Waals surface area contributed by atoms with Gasteiger partial charge in [-0.25, -0.2) is 4.98 Å². The molecule has 4 heteroatoms. The van der Waals surface area contributed by atoms with Crippen LogP contribution >= 0.6 is 0 Å². The lowest BCUT2D eigenvalue weighted by Crippen LogP contribution is -2.17. The molecule has 0 fully saturated rings. The van der Waals surface area contributed by atoms with E-state index in [-0.39, 0.29) is 6.10 Å². The summed E-state index contributed by atoms with van der Waals surface area (Å²) >= 11 is 0. The molecule has 1 aromatic rings. The first-order valence-electron chi connectivity index (χ1n) is 4.33. The van der Waals surface area contributed by atoms with Crippen LogP contribution in [0.15, 0.2) is 18.3 Å². The quantitative estimate of drug-likeness (QED) is 0.664. The lowest BCUT2D eigenvalue weighted by Gasteiger charge is -2.12. The summed E-state index contributed by atoms with van der Waals surface area (Å²) < 4.78 is 10.4. The van der Waals surface area contributed by atoms with Gasteiger partial charge in [0.2, 0.25) is 0 Å². The molecular formula is C10H13NO3. The largest absolute Gasteiger partial charge is 0.487 e. The zero-order valence-electron chi connectivity index (χ0n) is 8.27. The van der Waals surface area contributed by atoms with Crippen molar-refractivity contribution in [2.24, 2.45) is 0 Å². The third-order valence-electron chi connectivity index (χ3n) is 1.62. The number of nitrogens with zero attached hydrogens (tertiary/aromatic N) is 1. The van der Waals surface area contributed by atoms with Crippen LogP contribution in [0, 0.1) is 0 Å². The van der Waals surface area contributed by atoms with Gasteiger partial charge in [0.1, 0.15) is 17.5 Å². The molecule has 1 aromatic heterocycles. The van der Waals surface area contributed by atoms with Crippen molar-refractivity contribution in [2.75, 3.05) is 13.7 Å². The summed E-state index contributed by atoms with van der Waals surface area (Å²) in [7, 11) is 1.62. The zero-order chi connectivity index (χ0) is 10.4. The average molecular weight is 195 g/mol. The zero-order valence-corrected chi connectivity index (χ0v) is 8.27. The Bertz CT molecular complexity index is 284. The van der Waals surface area contributed by atoms with Crippen molar-refractivity contribution in [3.8, 4) is 5.75 Å². The van der Waals surface area contributed by atoms with Gasteiger partial charge in [-0.15, -0.1) is 0 Å². The van der Waals surface area contributed by atoms with E-state index >= 15 is 0 Å². The molecule has 0 aliphatic carbocycles. The van der Waals surface area contributed by atoms with E-state index in [0.717, 1.165) is 0 Å². The summed E-state index contributed by atoms with van der Waals surface area (Å²) in [5, 5.41) is 0. The van der Waals surface area contributed by atoms with Crippen LogP contribution in [0.2, 0.25) is 0 Å². The third kappa shape index (κ3) is 3.14. The van der Waals surface area contributed by atoms with Crippen LogP contribution in [0.3, 0.4) is 0 Å². The number of hydrogen-bond donors (Lipinski definition) is 0. The minimum absolute atomic E-state index is 0.0242. The highest BCUT2D eigenvalue weighted by atomic mass is 16.5. The minimum Gasteiger partial charge on any atom is -0.487 e. The first kappa shape index (κ1) is 10.7. The van der Waals surface area contributed by atoms with E-state index in [1.54, 1.807) is 19.2 Å². The van der Waals surface area contributed by atoms with Crippen molar-refractivity contribution < 1.29 is 14.3 Å². The fourth-order valence-electron chi connectivity index (χ4n) is 1.03. The van der Waals surface area contributed by atoms with E-state index in [2.05, 4.69) is 4.98 Å². The molecule has 4 nitrogen and oxygen atoms in total. The fraction of sp³-hybridized carbons (Fsp3) is 0.400. The highest BCUT2D eigenvalue weighted by molar-refractivity contribution is 5.71. The summed E-state index contributed by atoms with van der Waals surface area (Å²) in [5.41, 5.74) is 0.400. The van der Waals surface area contributed by atoms with Crippen molar-refractivity contribution >= 4 is 6.29 Å². The van der Waals surface area contributed by atoms with E-state index in [9.17, 15) is 4.79 Å². The predicted molar refractivity (Wildman–Crippen MR) is 51.6 cm³/mol. The Hall–Kier alpha value is -1.42. The van der Waals surface area contributed by atoms with Crippen LogP contribution in [-0.4, -0.2) is 31.1 Å². The molecule has 0 aliphatic rings. The van der Waals surface area contributed by atoms with Crippen LogP contribution in [0.1, 0.15) is 17.4 Å². The molecule has 0 radical (unpaired) electrons. The van der Waals surface area contributed by atoms with E-state index in [1.165, 1.54) is 6.20 Å². The number of ether oxygens (including phenoxy) is 2. The van der Waals surface area contributed by atoms with E-state index in [4.69, 9.17) is 9.47 Å². The van der Waals surface area contributed by atoms with E-state index in [1.807, 2.05) is 6.92 Å². The Morgan fingerprint density at radius 1 is 1.57 bits per heavy atom. The van der Waals surface area contributed by atoms with Crippen LogP contribution in [0.5, 0.6) is 5.75 Å². The Labute approximate surface area is 82.9 Å². The second kappa shape index (κ2) is 5.34. The molecule has 0 N–H and O–H groups in total. The first-order chi connectivity index (χ1) is 6.76. The van der Waals surface area contributed by atoms with Crippen LogP contribution in [-0.2, 0) is 4.74 Å². The third-order valence-corrected chi connectivity index (χ3v) is 1.62. The van der Waals surface area contributed by atoms with Gasteiger partial charge in [0.15, 0.2) is 6.29 Å². The number of pyridine rings is 1. The lowest BCUT2D eigenvalue weighted by molar-refractivity contribution is 0.0918. The molecule has 14 heavy (non-hydrogen) atoms. The average Bonchev–Trinajstić information content (AvgIpc) is 2.19. The molecule has 0 aromatic carbocycles. The molecule has 0 bridgehead atoms. The molecule has 0 saturated heterocycles. The second-order valence-corrected chi connectivity index (χ2v) is 2.92. The van der Waals surface area contributed by atoms with Gasteiger partial charge < -0.3 is 9.47 Å². The molecule has 1 rings (SSSR count). The number of hydrogen-bond acceptors (Lipinski definition) is 4. The van der Waals surface area contributed by atoms with Gasteiger partial charge in [0.25, 0.3) is 0 Å². The number of carbonyl (C=O) groups excluding carboxylic acids is 1. The Balaban J connectivity index is 2.55. The van der Waals surface area contributed by atoms with Crippen molar-refractivity contribution in [1.29, 1.82) is 0 Å². The van der Waals surface area contributed by atoms with E-state index in [0.29, 0.717) is 24.3 Å². The summed E-state index contributed by atoms with van der Waals surface area (Å²) in [5.74, 6) is 0.639. The molecule has 1 unspecified atom stereocenters. The van der Waals surface area contributed by atoms with Gasteiger partial charge in [-0.2, -0.15) is 0 Å². The van der Waals surface area contributed by atoms with Crippen molar-refractivity contribution in [2.45, 2.75) is 13.0 Å². The van der Waals surface area contributed by atoms with E-state index < -0.39 is 0 Å². The molecular weight excluding hydrogens is 182 g/mol. The predicted octanol–water partition coefficient (Wildman–Crippen LogP) is 1.31. The maximum absolute atomic E-state index is 10.3. The summed E-state index contributed by atoms with van der Waals surface area (Å²) in [6.45, 7) is 2.42. The molecule has 0 spiro atoms. The number of rotatable bonds is 5. The van der Waals surface area contributed by atoms with Crippen LogP contribution in [0.25, 0.3) is 0 Å². The molecule has 1 atom stereocenters. The Morgan fingerprint density at radius 3 is 2.86 bits per heavy atom. The van der Waals surface area contributed by atoms with Crippen molar-refractivity contribution in [3.05, 3.63) is 24.0 Å². The lowest BCUT2D eigenvalue weighted by atomic mass is 10.3. The van der Waals surface area contributed by atoms with Crippen LogP contribution in [0.4, 0.5) is 0 Å². The monoisotopic (exact) mass is 195 g/mol. The molecule has 1 heterocycles. The first-order valence-corrected chi connectivity index (χ1v) is 4.33. The van der Waals surface area contributed by atoms with Gasteiger partial charge in [-0.3, -0.25) is 4.79 Å². The molecule has 0 amide bonds. The molecule has 0 aliphatic heterocycles. The Morgan fingerprint density at radius 2 is 2.36 bits per heavy atom. The summed E-state index contributed by atoms with van der Waals surface area (Å²) in [6, 6.07) is 3.32. The van der Waals surface area contributed by atoms with Crippen molar-refractivity contribution in [1.82, 2.24) is 4.98 Å². The highest BCUT2D eigenvalue weighted by Gasteiger charge is 2.03. The maximum Gasteiger partial charge on any atom is 0.168 e. The van der Waals surface area contributed by atoms with Gasteiger partial charge in [0.05, 0.1) is 12.8 Å². The number of aromatic nitrogens is 1. The van der Waals surface area contributed by atoms with Crippen LogP contribution < -0.4 is 4.74 Å². The highest BCUT2D eigenvalue weighted by Crippen LogP contribution is 2.10. The van der Waals surface area contributed by atoms with Gasteiger partial charge in [-0.1, -0.05) is 0 Å².